The average molecular weight is 327 g/mol. The van der Waals surface area contributed by atoms with Crippen molar-refractivity contribution in [3.63, 3.8) is 0 Å². The van der Waals surface area contributed by atoms with Crippen molar-refractivity contribution in [3.05, 3.63) is 35.5 Å². The van der Waals surface area contributed by atoms with Gasteiger partial charge in [-0.25, -0.2) is 4.79 Å². The molecule has 0 radical (unpaired) electrons. The van der Waals surface area contributed by atoms with E-state index in [0.29, 0.717) is 11.6 Å². The van der Waals surface area contributed by atoms with Gasteiger partial charge in [-0.2, -0.15) is 0 Å². The molecule has 2 aromatic rings. The summed E-state index contributed by atoms with van der Waals surface area (Å²) < 4.78 is 2.03. The summed E-state index contributed by atoms with van der Waals surface area (Å²) in [5.74, 6) is -0.0319. The first-order valence-electron chi connectivity index (χ1n) is 8.89. The Bertz CT molecular complexity index is 759. The number of benzene rings is 1. The van der Waals surface area contributed by atoms with Crippen LogP contribution in [0.4, 0.5) is 0 Å². The normalized spacial score (nSPS) is 26.1. The topological polar surface area (TPSA) is 57.5 Å². The predicted octanol–water partition coefficient (Wildman–Crippen LogP) is 2.10. The quantitative estimate of drug-likeness (QED) is 0.883. The number of hydrogen-bond donors (Lipinski definition) is 2. The van der Waals surface area contributed by atoms with E-state index >= 15 is 0 Å². The van der Waals surface area contributed by atoms with Crippen molar-refractivity contribution >= 4 is 16.9 Å². The zero-order valence-electron chi connectivity index (χ0n) is 14.2. The van der Waals surface area contributed by atoms with E-state index in [-0.39, 0.29) is 0 Å². The number of carbonyl (C=O) groups is 1. The fourth-order valence-corrected chi connectivity index (χ4v) is 4.50. The fourth-order valence-electron chi connectivity index (χ4n) is 4.50. The highest BCUT2D eigenvalue weighted by Crippen LogP contribution is 2.28. The van der Waals surface area contributed by atoms with E-state index in [0.717, 1.165) is 35.3 Å². The summed E-state index contributed by atoms with van der Waals surface area (Å²) >= 11 is 0. The Hall–Kier alpha value is -1.85. The van der Waals surface area contributed by atoms with E-state index in [4.69, 9.17) is 0 Å². The molecule has 3 saturated heterocycles. The summed E-state index contributed by atoms with van der Waals surface area (Å²) in [6, 6.07) is 6.11. The van der Waals surface area contributed by atoms with Crippen LogP contribution in [-0.4, -0.2) is 52.8 Å². The molecule has 3 fully saturated rings. The number of aromatic nitrogens is 1. The molecule has 2 N–H and O–H groups in total. The van der Waals surface area contributed by atoms with E-state index in [1.807, 2.05) is 23.7 Å². The molecule has 1 aromatic heterocycles. The minimum absolute atomic E-state index is 0.408. The molecule has 4 heterocycles. The van der Waals surface area contributed by atoms with E-state index in [1.165, 1.54) is 32.5 Å². The van der Waals surface area contributed by atoms with Gasteiger partial charge in [-0.05, 0) is 62.5 Å². The molecule has 1 atom stereocenters. The lowest BCUT2D eigenvalue weighted by molar-refractivity contribution is 0.0699. The van der Waals surface area contributed by atoms with Gasteiger partial charge in [0.2, 0.25) is 0 Å². The molecule has 5 nitrogen and oxygen atoms in total. The maximum atomic E-state index is 11.6. The van der Waals surface area contributed by atoms with Crippen molar-refractivity contribution in [3.8, 4) is 0 Å². The molecule has 0 amide bonds. The smallest absolute Gasteiger partial charge is 0.336 e. The number of carboxylic acids is 1. The van der Waals surface area contributed by atoms with Crippen LogP contribution in [0.1, 0.15) is 28.8 Å². The second-order valence-corrected chi connectivity index (χ2v) is 7.22. The maximum absolute atomic E-state index is 11.6. The van der Waals surface area contributed by atoms with Gasteiger partial charge in [-0.1, -0.05) is 6.07 Å². The number of nitrogens with zero attached hydrogens (tertiary/aromatic N) is 2. The van der Waals surface area contributed by atoms with Crippen LogP contribution < -0.4 is 5.32 Å². The molecule has 1 aromatic carbocycles. The van der Waals surface area contributed by atoms with Gasteiger partial charge in [-0.3, -0.25) is 0 Å². The number of nitrogens with one attached hydrogen (secondary N) is 1. The summed E-state index contributed by atoms with van der Waals surface area (Å²) in [5, 5.41) is 14.1. The predicted molar refractivity (Wildman–Crippen MR) is 94.5 cm³/mol. The van der Waals surface area contributed by atoms with Crippen molar-refractivity contribution in [2.45, 2.75) is 25.3 Å². The molecule has 0 spiro atoms. The van der Waals surface area contributed by atoms with Gasteiger partial charge >= 0.3 is 5.97 Å². The minimum atomic E-state index is -0.849. The molecule has 2 bridgehead atoms. The second-order valence-electron chi connectivity index (χ2n) is 7.22. The lowest BCUT2D eigenvalue weighted by atomic mass is 9.84. The first kappa shape index (κ1) is 15.7. The third-order valence-corrected chi connectivity index (χ3v) is 5.78. The summed E-state index contributed by atoms with van der Waals surface area (Å²) in [7, 11) is 1.98. The van der Waals surface area contributed by atoms with Crippen LogP contribution in [0.5, 0.6) is 0 Å². The Kier molecular flexibility index (Phi) is 4.06. The molecule has 24 heavy (non-hydrogen) atoms. The van der Waals surface area contributed by atoms with E-state index in [9.17, 15) is 9.90 Å². The van der Waals surface area contributed by atoms with Gasteiger partial charge in [-0.15, -0.1) is 0 Å². The Morgan fingerprint density at radius 3 is 2.79 bits per heavy atom. The molecule has 3 aliphatic rings. The molecule has 3 aliphatic heterocycles. The number of piperidine rings is 3. The summed E-state index contributed by atoms with van der Waals surface area (Å²) in [6.07, 6.45) is 5.57. The lowest BCUT2D eigenvalue weighted by Gasteiger charge is -2.45. The van der Waals surface area contributed by atoms with Gasteiger partial charge in [0.1, 0.15) is 0 Å². The third kappa shape index (κ3) is 2.72. The SMILES string of the molecule is Cn1cc(CCN[C@@H]2CN3CCC2CC3)c2c(C(=O)O)cccc21. The molecule has 0 saturated carbocycles. The monoisotopic (exact) mass is 327 g/mol. The maximum Gasteiger partial charge on any atom is 0.336 e. The molecule has 0 unspecified atom stereocenters. The summed E-state index contributed by atoms with van der Waals surface area (Å²) in [4.78, 5) is 14.1. The largest absolute Gasteiger partial charge is 0.478 e. The highest BCUT2D eigenvalue weighted by atomic mass is 16.4. The first-order chi connectivity index (χ1) is 11.6. The van der Waals surface area contributed by atoms with E-state index < -0.39 is 5.97 Å². The van der Waals surface area contributed by atoms with E-state index in [2.05, 4.69) is 16.4 Å². The van der Waals surface area contributed by atoms with Gasteiger partial charge in [0.25, 0.3) is 0 Å². The number of rotatable bonds is 5. The molecular formula is C19H25N3O2. The van der Waals surface area contributed by atoms with Crippen LogP contribution in [0, 0.1) is 5.92 Å². The Labute approximate surface area is 142 Å². The van der Waals surface area contributed by atoms with Crippen molar-refractivity contribution in [2.24, 2.45) is 13.0 Å². The van der Waals surface area contributed by atoms with Crippen molar-refractivity contribution < 1.29 is 9.90 Å². The number of carboxylic acid groups (broad SMARTS) is 1. The lowest BCUT2D eigenvalue weighted by Crippen LogP contribution is -2.56. The molecule has 5 heteroatoms. The van der Waals surface area contributed by atoms with Crippen molar-refractivity contribution in [1.82, 2.24) is 14.8 Å². The highest BCUT2D eigenvalue weighted by molar-refractivity contribution is 6.04. The molecule has 128 valence electrons. The van der Waals surface area contributed by atoms with Crippen molar-refractivity contribution in [1.29, 1.82) is 0 Å². The van der Waals surface area contributed by atoms with Gasteiger partial charge in [0, 0.05) is 36.7 Å². The number of aryl methyl sites for hydroxylation is 1. The zero-order valence-corrected chi connectivity index (χ0v) is 14.2. The Morgan fingerprint density at radius 2 is 2.12 bits per heavy atom. The molecular weight excluding hydrogens is 302 g/mol. The third-order valence-electron chi connectivity index (χ3n) is 5.78. The van der Waals surface area contributed by atoms with Gasteiger partial charge in [0.15, 0.2) is 0 Å². The number of aromatic carboxylic acids is 1. The average Bonchev–Trinajstić information content (AvgIpc) is 2.92. The summed E-state index contributed by atoms with van der Waals surface area (Å²) in [5.41, 5.74) is 2.53. The van der Waals surface area contributed by atoms with Crippen molar-refractivity contribution in [2.75, 3.05) is 26.2 Å². The van der Waals surface area contributed by atoms with Crippen LogP contribution in [-0.2, 0) is 13.5 Å². The van der Waals surface area contributed by atoms with Crippen LogP contribution in [0.3, 0.4) is 0 Å². The highest BCUT2D eigenvalue weighted by Gasteiger charge is 2.33. The first-order valence-corrected chi connectivity index (χ1v) is 8.89. The van der Waals surface area contributed by atoms with Crippen LogP contribution in [0.2, 0.25) is 0 Å². The van der Waals surface area contributed by atoms with Gasteiger partial charge < -0.3 is 19.9 Å². The Morgan fingerprint density at radius 1 is 1.33 bits per heavy atom. The second kappa shape index (κ2) is 6.22. The fraction of sp³-hybridized carbons (Fsp3) is 0.526. The standard InChI is InChI=1S/C19H25N3O2/c1-21-11-14(18-15(19(23)24)3-2-4-17(18)21)5-8-20-16-12-22-9-6-13(16)7-10-22/h2-4,11,13,16,20H,5-10,12H2,1H3,(H,23,24)/t16-/m1/s1. The van der Waals surface area contributed by atoms with Crippen LogP contribution >= 0.6 is 0 Å². The number of fused-ring (bicyclic) bond motifs is 4. The molecule has 5 rings (SSSR count). The van der Waals surface area contributed by atoms with E-state index in [1.54, 1.807) is 6.07 Å². The van der Waals surface area contributed by atoms with Crippen LogP contribution in [0.15, 0.2) is 24.4 Å². The van der Waals surface area contributed by atoms with Crippen LogP contribution in [0.25, 0.3) is 10.9 Å². The van der Waals surface area contributed by atoms with Gasteiger partial charge in [0.05, 0.1) is 5.56 Å². The summed E-state index contributed by atoms with van der Waals surface area (Å²) in [6.45, 7) is 4.59. The molecule has 0 aliphatic carbocycles. The zero-order chi connectivity index (χ0) is 16.7. The minimum Gasteiger partial charge on any atom is -0.478 e. The number of hydrogen-bond acceptors (Lipinski definition) is 3. The Balaban J connectivity index is 1.49.